The number of hydrogen-bond acceptors (Lipinski definition) is 5. The molecule has 29 heavy (non-hydrogen) atoms. The molecule has 0 spiro atoms. The predicted octanol–water partition coefficient (Wildman–Crippen LogP) is 3.61. The molecule has 0 radical (unpaired) electrons. The number of aliphatic hydroxyl groups is 1. The first-order valence-electron chi connectivity index (χ1n) is 9.15. The van der Waals surface area contributed by atoms with Gasteiger partial charge in [0.15, 0.2) is 0 Å². The quantitative estimate of drug-likeness (QED) is 0.516. The van der Waals surface area contributed by atoms with E-state index in [9.17, 15) is 19.1 Å². The third-order valence-electron chi connectivity index (χ3n) is 4.77. The number of aliphatic hydroxyl groups excluding tert-OH is 1. The fourth-order valence-corrected chi connectivity index (χ4v) is 4.82. The van der Waals surface area contributed by atoms with Gasteiger partial charge in [-0.2, -0.15) is 0 Å². The van der Waals surface area contributed by atoms with Crippen molar-refractivity contribution in [3.05, 3.63) is 43.6 Å². The molecule has 0 saturated carbocycles. The van der Waals surface area contributed by atoms with Gasteiger partial charge in [0.1, 0.15) is 10.8 Å². The summed E-state index contributed by atoms with van der Waals surface area (Å²) < 4.78 is 15.2. The van der Waals surface area contributed by atoms with E-state index in [4.69, 9.17) is 0 Å². The van der Waals surface area contributed by atoms with Gasteiger partial charge in [-0.1, -0.05) is 13.8 Å². The van der Waals surface area contributed by atoms with Crippen LogP contribution in [-0.2, 0) is 6.42 Å². The highest BCUT2D eigenvalue weighted by Crippen LogP contribution is 2.41. The third-order valence-corrected chi connectivity index (χ3v) is 6.59. The lowest BCUT2D eigenvalue weighted by Crippen LogP contribution is -2.32. The minimum absolute atomic E-state index is 0.163. The molecule has 9 heteroatoms. The smallest absolute Gasteiger partial charge is 0.261 e. The highest BCUT2D eigenvalue weighted by atomic mass is 127. The monoisotopic (exact) mass is 531 g/mol. The summed E-state index contributed by atoms with van der Waals surface area (Å²) in [6.07, 6.45) is 0.530. The van der Waals surface area contributed by atoms with Crippen molar-refractivity contribution in [2.75, 3.05) is 32.1 Å². The molecular weight excluding hydrogens is 508 g/mol. The van der Waals surface area contributed by atoms with Crippen molar-refractivity contribution in [2.45, 2.75) is 20.3 Å². The summed E-state index contributed by atoms with van der Waals surface area (Å²) in [5.74, 6) is -0.978. The Hall–Kier alpha value is -1.72. The van der Waals surface area contributed by atoms with Gasteiger partial charge < -0.3 is 20.6 Å². The van der Waals surface area contributed by atoms with E-state index in [0.29, 0.717) is 34.0 Å². The molecule has 0 atom stereocenters. The second-order valence-corrected chi connectivity index (χ2v) is 10.1. The number of nitrogens with one attached hydrogen (secondary N) is 2. The first-order chi connectivity index (χ1) is 13.6. The second kappa shape index (κ2) is 8.57. The maximum Gasteiger partial charge on any atom is 0.261 e. The average Bonchev–Trinajstić information content (AvgIpc) is 2.93. The molecule has 2 amide bonds. The van der Waals surface area contributed by atoms with E-state index in [2.05, 4.69) is 10.6 Å². The number of fused-ring (bicyclic) bond motifs is 1. The van der Waals surface area contributed by atoms with Crippen LogP contribution in [0.2, 0.25) is 0 Å². The summed E-state index contributed by atoms with van der Waals surface area (Å²) in [5.41, 5.74) is 1.03. The lowest BCUT2D eigenvalue weighted by atomic mass is 9.85. The zero-order chi connectivity index (χ0) is 21.3. The molecule has 3 rings (SSSR count). The molecule has 0 unspecified atom stereocenters. The summed E-state index contributed by atoms with van der Waals surface area (Å²) in [6.45, 7) is 4.54. The number of amides is 2. The summed E-state index contributed by atoms with van der Waals surface area (Å²) >= 11 is 3.18. The summed E-state index contributed by atoms with van der Waals surface area (Å²) in [4.78, 5) is 27.7. The number of anilines is 2. The fourth-order valence-electron chi connectivity index (χ4n) is 3.23. The van der Waals surface area contributed by atoms with Crippen molar-refractivity contribution in [2.24, 2.45) is 5.41 Å². The number of nitrogens with zero attached hydrogens (tertiary/aromatic N) is 1. The van der Waals surface area contributed by atoms with Crippen LogP contribution in [0.1, 0.15) is 39.4 Å². The maximum atomic E-state index is 14.4. The van der Waals surface area contributed by atoms with Crippen LogP contribution in [0.4, 0.5) is 15.1 Å². The van der Waals surface area contributed by atoms with Gasteiger partial charge in [-0.15, -0.1) is 11.3 Å². The van der Waals surface area contributed by atoms with E-state index in [-0.39, 0.29) is 36.1 Å². The van der Waals surface area contributed by atoms with Gasteiger partial charge in [0.25, 0.3) is 11.8 Å². The summed E-state index contributed by atoms with van der Waals surface area (Å²) in [7, 11) is 1.60. The van der Waals surface area contributed by atoms with E-state index < -0.39 is 5.82 Å². The fraction of sp³-hybridized carbons (Fsp3) is 0.400. The van der Waals surface area contributed by atoms with Crippen molar-refractivity contribution >= 4 is 56.4 Å². The molecule has 6 nitrogen and oxygen atoms in total. The normalized spacial score (nSPS) is 15.3. The number of rotatable bonds is 5. The number of carbonyl (C=O) groups is 2. The Morgan fingerprint density at radius 3 is 2.83 bits per heavy atom. The Kier molecular flexibility index (Phi) is 6.49. The van der Waals surface area contributed by atoms with Gasteiger partial charge in [-0.25, -0.2) is 4.39 Å². The number of halogens is 2. The predicted molar refractivity (Wildman–Crippen MR) is 121 cm³/mol. The highest BCUT2D eigenvalue weighted by Gasteiger charge is 2.35. The van der Waals surface area contributed by atoms with Crippen molar-refractivity contribution in [1.29, 1.82) is 0 Å². The van der Waals surface area contributed by atoms with Gasteiger partial charge in [-0.3, -0.25) is 9.59 Å². The van der Waals surface area contributed by atoms with Gasteiger partial charge in [-0.05, 0) is 58.2 Å². The van der Waals surface area contributed by atoms with E-state index in [1.165, 1.54) is 11.0 Å². The highest BCUT2D eigenvalue weighted by molar-refractivity contribution is 14.1. The minimum atomic E-state index is -0.438. The average molecular weight is 531 g/mol. The molecule has 1 aliphatic heterocycles. The topological polar surface area (TPSA) is 81.7 Å². The van der Waals surface area contributed by atoms with Crippen LogP contribution >= 0.6 is 33.9 Å². The molecule has 0 fully saturated rings. The number of thiophene rings is 1. The van der Waals surface area contributed by atoms with E-state index in [1.54, 1.807) is 19.2 Å². The number of benzene rings is 1. The van der Waals surface area contributed by atoms with Crippen molar-refractivity contribution in [3.8, 4) is 0 Å². The minimum Gasteiger partial charge on any atom is -0.395 e. The standard InChI is InChI=1S/C20H23FIN3O3S/c1-20(2)9-12-15(19(28)25(3)6-7-26)18(29-16(12)17(27)23-10-20)24-14-5-4-11(22)8-13(14)21/h4-5,8,24,26H,6-7,9-10H2,1-3H3,(H,23,27). The van der Waals surface area contributed by atoms with Crippen LogP contribution in [-0.4, -0.2) is 48.6 Å². The summed E-state index contributed by atoms with van der Waals surface area (Å²) in [6, 6.07) is 4.77. The third kappa shape index (κ3) is 4.72. The van der Waals surface area contributed by atoms with Crippen LogP contribution in [0.3, 0.4) is 0 Å². The number of hydrogen-bond donors (Lipinski definition) is 3. The zero-order valence-corrected chi connectivity index (χ0v) is 19.4. The van der Waals surface area contributed by atoms with Crippen molar-refractivity contribution < 1.29 is 19.1 Å². The lowest BCUT2D eigenvalue weighted by Gasteiger charge is -2.24. The lowest BCUT2D eigenvalue weighted by molar-refractivity contribution is 0.0767. The van der Waals surface area contributed by atoms with Crippen LogP contribution in [0.25, 0.3) is 0 Å². The van der Waals surface area contributed by atoms with Gasteiger partial charge in [0, 0.05) is 23.7 Å². The van der Waals surface area contributed by atoms with Crippen LogP contribution in [0.5, 0.6) is 0 Å². The van der Waals surface area contributed by atoms with E-state index >= 15 is 0 Å². The van der Waals surface area contributed by atoms with Gasteiger partial charge in [0.2, 0.25) is 0 Å². The number of carbonyl (C=O) groups excluding carboxylic acids is 2. The van der Waals surface area contributed by atoms with Crippen molar-refractivity contribution in [1.82, 2.24) is 10.2 Å². The zero-order valence-electron chi connectivity index (χ0n) is 16.4. The molecule has 2 heterocycles. The molecule has 0 saturated heterocycles. The second-order valence-electron chi connectivity index (χ2n) is 7.84. The maximum absolute atomic E-state index is 14.4. The molecule has 0 aliphatic carbocycles. The Balaban J connectivity index is 2.13. The van der Waals surface area contributed by atoms with Gasteiger partial charge in [0.05, 0.1) is 22.7 Å². The van der Waals surface area contributed by atoms with Gasteiger partial charge >= 0.3 is 0 Å². The van der Waals surface area contributed by atoms with Crippen LogP contribution in [0.15, 0.2) is 18.2 Å². The van der Waals surface area contributed by atoms with Crippen LogP contribution < -0.4 is 10.6 Å². The Bertz CT molecular complexity index is 961. The van der Waals surface area contributed by atoms with E-state index in [0.717, 1.165) is 14.9 Å². The van der Waals surface area contributed by atoms with Crippen molar-refractivity contribution in [3.63, 3.8) is 0 Å². The molecule has 1 aromatic heterocycles. The molecule has 1 aliphatic rings. The number of likely N-dealkylation sites (N-methyl/N-ethyl adjacent to an activating group) is 1. The molecule has 1 aromatic carbocycles. The largest absolute Gasteiger partial charge is 0.395 e. The Labute approximate surface area is 186 Å². The van der Waals surface area contributed by atoms with E-state index in [1.807, 2.05) is 36.4 Å². The first kappa shape index (κ1) is 22.0. The molecule has 2 aromatic rings. The Morgan fingerprint density at radius 2 is 2.17 bits per heavy atom. The van der Waals surface area contributed by atoms with Crippen LogP contribution in [0, 0.1) is 14.8 Å². The molecule has 0 bridgehead atoms. The molecule has 156 valence electrons. The SMILES string of the molecule is CN(CCO)C(=O)c1c(Nc2ccc(I)cc2F)sc2c1CC(C)(C)CNC2=O. The first-order valence-corrected chi connectivity index (χ1v) is 11.0. The summed E-state index contributed by atoms with van der Waals surface area (Å²) in [5, 5.41) is 15.6. The Morgan fingerprint density at radius 1 is 1.45 bits per heavy atom. The molecular formula is C20H23FIN3O3S. The molecule has 3 N–H and O–H groups in total.